The zero-order valence-electron chi connectivity index (χ0n) is 14.7. The topological polar surface area (TPSA) is 97.9 Å². The summed E-state index contributed by atoms with van der Waals surface area (Å²) in [5, 5.41) is 11.1. The van der Waals surface area contributed by atoms with Crippen molar-refractivity contribution < 1.29 is 9.21 Å². The van der Waals surface area contributed by atoms with Gasteiger partial charge in [0.1, 0.15) is 17.9 Å². The van der Waals surface area contributed by atoms with Crippen LogP contribution in [-0.2, 0) is 7.05 Å². The molecular weight excluding hydrogens is 320 g/mol. The Hall–Kier alpha value is -2.90. The molecule has 3 aromatic heterocycles. The predicted molar refractivity (Wildman–Crippen MR) is 93.7 cm³/mol. The highest BCUT2D eigenvalue weighted by atomic mass is 16.3. The van der Waals surface area contributed by atoms with E-state index in [-0.39, 0.29) is 11.4 Å². The number of amides is 1. The molecule has 0 aliphatic heterocycles. The molecule has 0 atom stereocenters. The third-order valence-electron chi connectivity index (χ3n) is 4.56. The summed E-state index contributed by atoms with van der Waals surface area (Å²) < 4.78 is 7.35. The fraction of sp³-hybridized carbons (Fsp3) is 0.412. The monoisotopic (exact) mass is 340 g/mol. The lowest BCUT2D eigenvalue weighted by Gasteiger charge is -2.13. The second kappa shape index (κ2) is 5.30. The second-order valence-electron chi connectivity index (χ2n) is 6.91. The highest BCUT2D eigenvalue weighted by Crippen LogP contribution is 2.40. The van der Waals surface area contributed by atoms with Gasteiger partial charge in [-0.2, -0.15) is 5.10 Å². The smallest absolute Gasteiger partial charge is 0.261 e. The number of furan rings is 1. The standard InChI is InChI=1S/C17H20N6O2/c1-9-7-23(4)22-13(9)20-15(24)11-10(2)25-16-12(11)14(18-8-19-16)21-17(3)5-6-17/h7-8H,5-6H2,1-4H3,(H,18,19,21)(H,20,22,24). The Kier molecular flexibility index (Phi) is 3.31. The van der Waals surface area contributed by atoms with Gasteiger partial charge in [0, 0.05) is 24.3 Å². The maximum absolute atomic E-state index is 12.9. The molecule has 1 aliphatic rings. The molecule has 3 heterocycles. The molecule has 0 unspecified atom stereocenters. The van der Waals surface area contributed by atoms with Crippen molar-refractivity contribution in [2.75, 3.05) is 10.6 Å². The van der Waals surface area contributed by atoms with Crippen molar-refractivity contribution >= 4 is 28.6 Å². The van der Waals surface area contributed by atoms with Gasteiger partial charge >= 0.3 is 0 Å². The maximum Gasteiger partial charge on any atom is 0.261 e. The molecule has 8 nitrogen and oxygen atoms in total. The number of hydrogen-bond donors (Lipinski definition) is 2. The minimum atomic E-state index is -0.281. The molecule has 0 spiro atoms. The van der Waals surface area contributed by atoms with E-state index < -0.39 is 0 Å². The molecule has 2 N–H and O–H groups in total. The molecule has 0 saturated heterocycles. The van der Waals surface area contributed by atoms with Gasteiger partial charge in [0.25, 0.3) is 5.91 Å². The van der Waals surface area contributed by atoms with Crippen molar-refractivity contribution in [1.29, 1.82) is 0 Å². The van der Waals surface area contributed by atoms with Crippen LogP contribution in [0.3, 0.4) is 0 Å². The molecular formula is C17H20N6O2. The summed E-state index contributed by atoms with van der Waals surface area (Å²) in [7, 11) is 1.81. The first-order chi connectivity index (χ1) is 11.9. The van der Waals surface area contributed by atoms with Crippen molar-refractivity contribution in [3.05, 3.63) is 29.4 Å². The molecule has 0 radical (unpaired) electrons. The first-order valence-corrected chi connectivity index (χ1v) is 8.20. The second-order valence-corrected chi connectivity index (χ2v) is 6.91. The van der Waals surface area contributed by atoms with E-state index in [2.05, 4.69) is 32.6 Å². The number of fused-ring (bicyclic) bond motifs is 1. The summed E-state index contributed by atoms with van der Waals surface area (Å²) in [5.74, 6) is 1.38. The molecule has 4 rings (SSSR count). The molecule has 1 fully saturated rings. The van der Waals surface area contributed by atoms with Crippen LogP contribution >= 0.6 is 0 Å². The molecule has 1 aliphatic carbocycles. The number of carbonyl (C=O) groups is 1. The molecule has 3 aromatic rings. The highest BCUT2D eigenvalue weighted by molar-refractivity contribution is 6.15. The lowest BCUT2D eigenvalue weighted by molar-refractivity contribution is 0.102. The first kappa shape index (κ1) is 15.6. The minimum Gasteiger partial charge on any atom is -0.442 e. The van der Waals surface area contributed by atoms with Gasteiger partial charge in [0.05, 0.1) is 10.9 Å². The van der Waals surface area contributed by atoms with Gasteiger partial charge < -0.3 is 15.1 Å². The van der Waals surface area contributed by atoms with Crippen molar-refractivity contribution in [3.8, 4) is 0 Å². The Morgan fingerprint density at radius 2 is 2.04 bits per heavy atom. The Bertz CT molecular complexity index is 983. The normalized spacial score (nSPS) is 15.4. The third-order valence-corrected chi connectivity index (χ3v) is 4.56. The fourth-order valence-corrected chi connectivity index (χ4v) is 2.91. The number of nitrogens with one attached hydrogen (secondary N) is 2. The largest absolute Gasteiger partial charge is 0.442 e. The lowest BCUT2D eigenvalue weighted by Crippen LogP contribution is -2.19. The number of aromatic nitrogens is 4. The molecule has 8 heteroatoms. The van der Waals surface area contributed by atoms with E-state index in [1.54, 1.807) is 11.6 Å². The molecule has 1 saturated carbocycles. The van der Waals surface area contributed by atoms with Crippen LogP contribution in [0.4, 0.5) is 11.6 Å². The van der Waals surface area contributed by atoms with Gasteiger partial charge in [-0.3, -0.25) is 9.48 Å². The average molecular weight is 340 g/mol. The van der Waals surface area contributed by atoms with Crippen LogP contribution in [0.15, 0.2) is 16.9 Å². The third kappa shape index (κ3) is 2.73. The van der Waals surface area contributed by atoms with Crippen LogP contribution in [0.1, 0.15) is 41.4 Å². The maximum atomic E-state index is 12.9. The summed E-state index contributed by atoms with van der Waals surface area (Å²) >= 11 is 0. The first-order valence-electron chi connectivity index (χ1n) is 8.20. The highest BCUT2D eigenvalue weighted by Gasteiger charge is 2.38. The molecule has 0 aromatic carbocycles. The Labute approximate surface area is 144 Å². The van der Waals surface area contributed by atoms with Crippen LogP contribution in [0.5, 0.6) is 0 Å². The quantitative estimate of drug-likeness (QED) is 0.758. The summed E-state index contributed by atoms with van der Waals surface area (Å²) in [4.78, 5) is 21.4. The average Bonchev–Trinajstić information content (AvgIpc) is 3.02. The zero-order chi connectivity index (χ0) is 17.8. The van der Waals surface area contributed by atoms with E-state index in [9.17, 15) is 4.79 Å². The predicted octanol–water partition coefficient (Wildman–Crippen LogP) is 2.79. The van der Waals surface area contributed by atoms with Gasteiger partial charge in [0.2, 0.25) is 5.71 Å². The van der Waals surface area contributed by atoms with Crippen LogP contribution in [0.25, 0.3) is 11.1 Å². The van der Waals surface area contributed by atoms with Crippen molar-refractivity contribution in [1.82, 2.24) is 19.7 Å². The van der Waals surface area contributed by atoms with Crippen LogP contribution < -0.4 is 10.6 Å². The summed E-state index contributed by atoms with van der Waals surface area (Å²) in [5.41, 5.74) is 1.76. The Morgan fingerprint density at radius 3 is 2.68 bits per heavy atom. The molecule has 1 amide bonds. The number of hydrogen-bond acceptors (Lipinski definition) is 6. The zero-order valence-corrected chi connectivity index (χ0v) is 14.7. The van der Waals surface area contributed by atoms with E-state index in [0.29, 0.717) is 34.1 Å². The van der Waals surface area contributed by atoms with E-state index in [1.165, 1.54) is 6.33 Å². The number of rotatable bonds is 4. The summed E-state index contributed by atoms with van der Waals surface area (Å²) in [6.45, 7) is 5.78. The van der Waals surface area contributed by atoms with Crippen molar-refractivity contribution in [3.63, 3.8) is 0 Å². The van der Waals surface area contributed by atoms with Gasteiger partial charge in [-0.15, -0.1) is 0 Å². The summed E-state index contributed by atoms with van der Waals surface area (Å²) in [6, 6.07) is 0. The molecule has 0 bridgehead atoms. The van der Waals surface area contributed by atoms with Gasteiger partial charge in [0.15, 0.2) is 5.82 Å². The Morgan fingerprint density at radius 1 is 1.28 bits per heavy atom. The van der Waals surface area contributed by atoms with Crippen LogP contribution in [-0.4, -0.2) is 31.2 Å². The lowest BCUT2D eigenvalue weighted by atomic mass is 10.1. The SMILES string of the molecule is Cc1cn(C)nc1NC(=O)c1c(C)oc2ncnc(NC3(C)CC3)c12. The van der Waals surface area contributed by atoms with E-state index in [0.717, 1.165) is 18.4 Å². The molecule has 25 heavy (non-hydrogen) atoms. The van der Waals surface area contributed by atoms with Gasteiger partial charge in [-0.05, 0) is 33.6 Å². The van der Waals surface area contributed by atoms with Crippen LogP contribution in [0.2, 0.25) is 0 Å². The van der Waals surface area contributed by atoms with Crippen molar-refractivity contribution in [2.45, 2.75) is 39.2 Å². The van der Waals surface area contributed by atoms with Crippen LogP contribution in [0, 0.1) is 13.8 Å². The fourth-order valence-electron chi connectivity index (χ4n) is 2.91. The van der Waals surface area contributed by atoms with E-state index in [4.69, 9.17) is 4.42 Å². The number of carbonyl (C=O) groups excluding carboxylic acids is 1. The number of anilines is 2. The summed E-state index contributed by atoms with van der Waals surface area (Å²) in [6.07, 6.45) is 5.44. The van der Waals surface area contributed by atoms with Gasteiger partial charge in [-0.25, -0.2) is 9.97 Å². The Balaban J connectivity index is 1.76. The number of nitrogens with zero attached hydrogens (tertiary/aromatic N) is 4. The molecule has 130 valence electrons. The van der Waals surface area contributed by atoms with Crippen molar-refractivity contribution in [2.24, 2.45) is 7.05 Å². The minimum absolute atomic E-state index is 0.0256. The number of aryl methyl sites for hydroxylation is 3. The van der Waals surface area contributed by atoms with Gasteiger partial charge in [-0.1, -0.05) is 0 Å². The van der Waals surface area contributed by atoms with E-state index in [1.807, 2.05) is 20.2 Å². The van der Waals surface area contributed by atoms with E-state index >= 15 is 0 Å².